The first-order valence-corrected chi connectivity index (χ1v) is 6.92. The van der Waals surface area contributed by atoms with Crippen molar-refractivity contribution in [3.8, 4) is 0 Å². The minimum absolute atomic E-state index is 1.98. The van der Waals surface area contributed by atoms with E-state index in [0.717, 1.165) is 0 Å². The number of rotatable bonds is 9. The molecule has 0 aromatic rings. The van der Waals surface area contributed by atoms with Crippen LogP contribution in [0.2, 0.25) is 0 Å². The molecule has 0 aliphatic heterocycles. The summed E-state index contributed by atoms with van der Waals surface area (Å²) < 4.78 is 266. The highest BCUT2D eigenvalue weighted by Crippen LogP contribution is 2.60. The third-order valence-electron chi connectivity index (χ3n) is 3.44. The highest BCUT2D eigenvalue weighted by molar-refractivity contribution is 5.10. The smallest absolute Gasteiger partial charge is 0.311 e. The van der Waals surface area contributed by atoms with Gasteiger partial charge in [-0.15, -0.1) is 0 Å². The largest absolute Gasteiger partial charge is 0.460 e. The Bertz CT molecular complexity index is 683. The number of ether oxygens (including phenoxy) is 1. The maximum atomic E-state index is 13.2. The Morgan fingerprint density at radius 2 is 0.788 bits per heavy atom. The standard InChI is InChI=1S/C11H3F21O/c12-2(4(15,16)10(27,28)29)5(17,18)33-1-3(13,14)6(19,20)7(21,22)8(23,24)9(25,26)11(30,31)32/h2H,1H2. The molecule has 0 rings (SSSR count). The molecule has 0 saturated carbocycles. The fourth-order valence-corrected chi connectivity index (χ4v) is 1.51. The van der Waals surface area contributed by atoms with E-state index < -0.39 is 66.8 Å². The van der Waals surface area contributed by atoms with Crippen LogP contribution in [-0.2, 0) is 4.74 Å². The molecular weight excluding hydrogens is 547 g/mol. The first-order chi connectivity index (χ1) is 13.9. The average Bonchev–Trinajstić information content (AvgIpc) is 2.56. The first kappa shape index (κ1) is 31.5. The van der Waals surface area contributed by atoms with E-state index in [2.05, 4.69) is 0 Å². The van der Waals surface area contributed by atoms with E-state index in [4.69, 9.17) is 0 Å². The molecule has 22 heteroatoms. The molecule has 0 aliphatic rings. The average molecular weight is 550 g/mol. The lowest BCUT2D eigenvalue weighted by Crippen LogP contribution is -2.70. The van der Waals surface area contributed by atoms with Crippen LogP contribution in [-0.4, -0.2) is 66.8 Å². The van der Waals surface area contributed by atoms with E-state index in [1.165, 1.54) is 0 Å². The van der Waals surface area contributed by atoms with Crippen LogP contribution in [0.5, 0.6) is 0 Å². The Morgan fingerprint density at radius 3 is 1.09 bits per heavy atom. The summed E-state index contributed by atoms with van der Waals surface area (Å²) in [4.78, 5) is 0. The molecule has 0 amide bonds. The second-order valence-electron chi connectivity index (χ2n) is 5.83. The monoisotopic (exact) mass is 550 g/mol. The molecule has 0 aromatic heterocycles. The van der Waals surface area contributed by atoms with Gasteiger partial charge in [-0.1, -0.05) is 0 Å². The maximum absolute atomic E-state index is 13.2. The normalized spacial score (nSPS) is 17.4. The molecule has 0 saturated heterocycles. The van der Waals surface area contributed by atoms with Gasteiger partial charge in [0.25, 0.3) is 6.17 Å². The van der Waals surface area contributed by atoms with E-state index in [-0.39, 0.29) is 0 Å². The van der Waals surface area contributed by atoms with Crippen LogP contribution >= 0.6 is 0 Å². The van der Waals surface area contributed by atoms with Gasteiger partial charge < -0.3 is 4.74 Å². The molecule has 0 bridgehead atoms. The lowest BCUT2D eigenvalue weighted by atomic mass is 9.94. The summed E-state index contributed by atoms with van der Waals surface area (Å²) in [6.07, 6.45) is -28.0. The summed E-state index contributed by atoms with van der Waals surface area (Å²) in [6.45, 7) is -4.36. The van der Waals surface area contributed by atoms with Crippen LogP contribution in [0, 0.1) is 0 Å². The molecule has 0 spiro atoms. The molecule has 0 fully saturated rings. The second-order valence-corrected chi connectivity index (χ2v) is 5.83. The highest BCUT2D eigenvalue weighted by atomic mass is 19.4. The van der Waals surface area contributed by atoms with Crippen molar-refractivity contribution in [1.82, 2.24) is 0 Å². The van der Waals surface area contributed by atoms with Crippen LogP contribution in [0.3, 0.4) is 0 Å². The zero-order valence-corrected chi connectivity index (χ0v) is 14.1. The van der Waals surface area contributed by atoms with Crippen molar-refractivity contribution in [2.24, 2.45) is 0 Å². The summed E-state index contributed by atoms with van der Waals surface area (Å²) in [6, 6.07) is 0. The summed E-state index contributed by atoms with van der Waals surface area (Å²) in [5, 5.41) is 0. The number of hydrogen-bond donors (Lipinski definition) is 0. The van der Waals surface area contributed by atoms with Gasteiger partial charge in [0.15, 0.2) is 0 Å². The van der Waals surface area contributed by atoms with Gasteiger partial charge in [-0.25, -0.2) is 4.39 Å². The summed E-state index contributed by atoms with van der Waals surface area (Å²) in [5.41, 5.74) is 0. The molecule has 0 radical (unpaired) electrons. The van der Waals surface area contributed by atoms with Gasteiger partial charge in [-0.05, 0) is 0 Å². The van der Waals surface area contributed by atoms with Crippen molar-refractivity contribution in [2.45, 2.75) is 60.2 Å². The predicted octanol–water partition coefficient (Wildman–Crippen LogP) is 6.87. The van der Waals surface area contributed by atoms with E-state index in [9.17, 15) is 92.2 Å². The molecule has 200 valence electrons. The van der Waals surface area contributed by atoms with Crippen LogP contribution < -0.4 is 0 Å². The Morgan fingerprint density at radius 1 is 0.455 bits per heavy atom. The van der Waals surface area contributed by atoms with Gasteiger partial charge in [0.1, 0.15) is 6.61 Å². The quantitative estimate of drug-likeness (QED) is 0.285. The first-order valence-electron chi connectivity index (χ1n) is 6.92. The van der Waals surface area contributed by atoms with Gasteiger partial charge in [-0.2, -0.15) is 87.8 Å². The van der Waals surface area contributed by atoms with Gasteiger partial charge in [-0.3, -0.25) is 0 Å². The van der Waals surface area contributed by atoms with Crippen molar-refractivity contribution in [1.29, 1.82) is 0 Å². The topological polar surface area (TPSA) is 9.23 Å². The minimum atomic E-state index is -8.48. The highest BCUT2D eigenvalue weighted by Gasteiger charge is 2.91. The second kappa shape index (κ2) is 8.02. The van der Waals surface area contributed by atoms with Crippen LogP contribution in [0.25, 0.3) is 0 Å². The third-order valence-corrected chi connectivity index (χ3v) is 3.44. The summed E-state index contributed by atoms with van der Waals surface area (Å²) in [7, 11) is 0. The fraction of sp³-hybridized carbons (Fsp3) is 1.00. The van der Waals surface area contributed by atoms with E-state index in [1.807, 2.05) is 4.74 Å². The van der Waals surface area contributed by atoms with Gasteiger partial charge >= 0.3 is 54.0 Å². The van der Waals surface area contributed by atoms with Crippen molar-refractivity contribution in [3.05, 3.63) is 0 Å². The molecule has 1 nitrogen and oxygen atoms in total. The Labute approximate surface area is 165 Å². The van der Waals surface area contributed by atoms with E-state index >= 15 is 0 Å². The van der Waals surface area contributed by atoms with Gasteiger partial charge in [0.2, 0.25) is 0 Å². The molecule has 0 N–H and O–H groups in total. The number of alkyl halides is 21. The van der Waals surface area contributed by atoms with Crippen molar-refractivity contribution in [3.63, 3.8) is 0 Å². The summed E-state index contributed by atoms with van der Waals surface area (Å²) in [5.74, 6) is -47.9. The van der Waals surface area contributed by atoms with Gasteiger partial charge in [0.05, 0.1) is 0 Å². The molecule has 0 aliphatic carbocycles. The molecule has 1 atom stereocenters. The predicted molar refractivity (Wildman–Crippen MR) is 57.6 cm³/mol. The maximum Gasteiger partial charge on any atom is 0.460 e. The van der Waals surface area contributed by atoms with Crippen LogP contribution in [0.15, 0.2) is 0 Å². The van der Waals surface area contributed by atoms with E-state index in [0.29, 0.717) is 0 Å². The minimum Gasteiger partial charge on any atom is -0.311 e. The van der Waals surface area contributed by atoms with Crippen LogP contribution in [0.4, 0.5) is 92.2 Å². The Hall–Kier alpha value is -1.51. The van der Waals surface area contributed by atoms with Crippen molar-refractivity contribution in [2.75, 3.05) is 6.61 Å². The lowest BCUT2D eigenvalue weighted by molar-refractivity contribution is -0.446. The van der Waals surface area contributed by atoms with Crippen molar-refractivity contribution < 1.29 is 96.9 Å². The summed E-state index contributed by atoms with van der Waals surface area (Å²) >= 11 is 0. The molecule has 0 aromatic carbocycles. The van der Waals surface area contributed by atoms with E-state index in [1.54, 1.807) is 0 Å². The molecular formula is C11H3F21O. The lowest BCUT2D eigenvalue weighted by Gasteiger charge is -2.40. The Balaban J connectivity index is 6.12. The zero-order valence-electron chi connectivity index (χ0n) is 14.1. The zero-order chi connectivity index (χ0) is 27.5. The van der Waals surface area contributed by atoms with Crippen LogP contribution in [0.1, 0.15) is 0 Å². The molecule has 1 unspecified atom stereocenters. The number of hydrogen-bond acceptors (Lipinski definition) is 1. The third kappa shape index (κ3) is 4.84. The molecule has 33 heavy (non-hydrogen) atoms. The van der Waals surface area contributed by atoms with Crippen molar-refractivity contribution >= 4 is 0 Å². The SMILES string of the molecule is FC(C(F)(F)OCC(F)(F)C(F)(F)C(F)(F)C(F)(F)C(F)(F)C(F)(F)F)C(F)(F)C(F)(F)F. The number of halogens is 21. The fourth-order valence-electron chi connectivity index (χ4n) is 1.51. The van der Waals surface area contributed by atoms with Gasteiger partial charge in [0, 0.05) is 0 Å². The molecule has 0 heterocycles. The Kier molecular flexibility index (Phi) is 7.66.